The van der Waals surface area contributed by atoms with Gasteiger partial charge in [0.05, 0.1) is 5.69 Å². The summed E-state index contributed by atoms with van der Waals surface area (Å²) in [4.78, 5) is 0. The first-order valence-electron chi connectivity index (χ1n) is 3.93. The minimum absolute atomic E-state index is 0.485. The SMILES string of the molecule is CC1(S(=O)(=O)Cl)Nc2ccccc2O1. The standard InChI is InChI=1S/C8H8ClNO3S/c1-8(14(9,11)12)10-6-4-2-3-5-7(6)13-8/h2-5,10H,1H3. The van der Waals surface area contributed by atoms with E-state index in [4.69, 9.17) is 15.4 Å². The molecule has 2 rings (SSSR count). The lowest BCUT2D eigenvalue weighted by Crippen LogP contribution is -2.42. The Morgan fingerprint density at radius 2 is 2.07 bits per heavy atom. The van der Waals surface area contributed by atoms with Gasteiger partial charge in [0.2, 0.25) is 0 Å². The molecule has 0 saturated carbocycles. The summed E-state index contributed by atoms with van der Waals surface area (Å²) in [7, 11) is 1.42. The number of ether oxygens (including phenoxy) is 1. The molecule has 0 amide bonds. The molecule has 6 heteroatoms. The van der Waals surface area contributed by atoms with E-state index in [0.29, 0.717) is 11.4 Å². The molecule has 0 spiro atoms. The van der Waals surface area contributed by atoms with Gasteiger partial charge in [-0.15, -0.1) is 0 Å². The predicted octanol–water partition coefficient (Wildman–Crippen LogP) is 1.73. The van der Waals surface area contributed by atoms with Crippen molar-refractivity contribution in [2.45, 2.75) is 12.0 Å². The number of fused-ring (bicyclic) bond motifs is 1. The third-order valence-electron chi connectivity index (χ3n) is 2.02. The third kappa shape index (κ3) is 1.33. The minimum Gasteiger partial charge on any atom is -0.451 e. The first kappa shape index (κ1) is 9.61. The molecular weight excluding hydrogens is 226 g/mol. The van der Waals surface area contributed by atoms with Gasteiger partial charge in [0.1, 0.15) is 5.75 Å². The van der Waals surface area contributed by atoms with Crippen LogP contribution in [0.4, 0.5) is 5.69 Å². The molecule has 1 atom stereocenters. The highest BCUT2D eigenvalue weighted by molar-refractivity contribution is 8.14. The Morgan fingerprint density at radius 3 is 2.64 bits per heavy atom. The molecule has 0 fully saturated rings. The number of benzene rings is 1. The molecule has 1 aromatic rings. The van der Waals surface area contributed by atoms with Crippen LogP contribution < -0.4 is 10.1 Å². The molecule has 0 aliphatic carbocycles. The van der Waals surface area contributed by atoms with E-state index in [1.807, 2.05) is 0 Å². The van der Waals surface area contributed by atoms with E-state index in [9.17, 15) is 8.42 Å². The van der Waals surface area contributed by atoms with Crippen molar-refractivity contribution >= 4 is 25.4 Å². The Bertz CT molecular complexity index is 446. The van der Waals surface area contributed by atoms with Crippen molar-refractivity contribution in [2.75, 3.05) is 5.32 Å². The van der Waals surface area contributed by atoms with E-state index in [1.54, 1.807) is 24.3 Å². The van der Waals surface area contributed by atoms with Gasteiger partial charge in [-0.05, 0) is 12.1 Å². The molecule has 0 bridgehead atoms. The van der Waals surface area contributed by atoms with Crippen LogP contribution in [-0.4, -0.2) is 13.5 Å². The van der Waals surface area contributed by atoms with E-state index in [0.717, 1.165) is 0 Å². The van der Waals surface area contributed by atoms with Crippen LogP contribution in [0.1, 0.15) is 6.92 Å². The van der Waals surface area contributed by atoms with Gasteiger partial charge in [0, 0.05) is 17.6 Å². The number of hydrogen-bond acceptors (Lipinski definition) is 4. The summed E-state index contributed by atoms with van der Waals surface area (Å²) in [5.74, 6) is 0.485. The number of anilines is 1. The van der Waals surface area contributed by atoms with Gasteiger partial charge >= 0.3 is 0 Å². The van der Waals surface area contributed by atoms with Gasteiger partial charge in [-0.3, -0.25) is 0 Å². The second-order valence-electron chi connectivity index (χ2n) is 3.11. The molecule has 1 aromatic carbocycles. The van der Waals surface area contributed by atoms with E-state index < -0.39 is 14.1 Å². The number of halogens is 1. The minimum atomic E-state index is -3.83. The zero-order valence-electron chi connectivity index (χ0n) is 7.32. The maximum atomic E-state index is 11.2. The van der Waals surface area contributed by atoms with Gasteiger partial charge in [0.25, 0.3) is 14.1 Å². The van der Waals surface area contributed by atoms with Crippen LogP contribution in [0.5, 0.6) is 5.75 Å². The fourth-order valence-electron chi connectivity index (χ4n) is 1.25. The largest absolute Gasteiger partial charge is 0.451 e. The van der Waals surface area contributed by atoms with Gasteiger partial charge in [0.15, 0.2) is 0 Å². The van der Waals surface area contributed by atoms with Crippen LogP contribution in [0.2, 0.25) is 0 Å². The molecule has 14 heavy (non-hydrogen) atoms. The van der Waals surface area contributed by atoms with Crippen molar-refractivity contribution in [2.24, 2.45) is 0 Å². The normalized spacial score (nSPS) is 25.0. The van der Waals surface area contributed by atoms with Crippen molar-refractivity contribution < 1.29 is 13.2 Å². The monoisotopic (exact) mass is 233 g/mol. The van der Waals surface area contributed by atoms with Crippen molar-refractivity contribution in [1.29, 1.82) is 0 Å². The van der Waals surface area contributed by atoms with Crippen LogP contribution in [-0.2, 0) is 9.05 Å². The molecule has 0 saturated heterocycles. The first-order valence-corrected chi connectivity index (χ1v) is 6.24. The summed E-state index contributed by atoms with van der Waals surface area (Å²) >= 11 is 0. The molecule has 76 valence electrons. The van der Waals surface area contributed by atoms with E-state index in [-0.39, 0.29) is 0 Å². The lowest BCUT2D eigenvalue weighted by Gasteiger charge is -2.19. The van der Waals surface area contributed by atoms with Gasteiger partial charge < -0.3 is 10.1 Å². The Morgan fingerprint density at radius 1 is 1.43 bits per heavy atom. The molecule has 0 radical (unpaired) electrons. The molecule has 1 heterocycles. The fraction of sp³-hybridized carbons (Fsp3) is 0.250. The zero-order valence-corrected chi connectivity index (χ0v) is 8.89. The Hall–Kier alpha value is -0.940. The fourth-order valence-corrected chi connectivity index (χ4v) is 1.88. The molecule has 1 N–H and O–H groups in total. The topological polar surface area (TPSA) is 55.4 Å². The molecule has 4 nitrogen and oxygen atoms in total. The molecule has 1 unspecified atom stereocenters. The van der Waals surface area contributed by atoms with Crippen LogP contribution in [0.25, 0.3) is 0 Å². The van der Waals surface area contributed by atoms with Gasteiger partial charge in [-0.2, -0.15) is 0 Å². The predicted molar refractivity (Wildman–Crippen MR) is 53.9 cm³/mol. The number of rotatable bonds is 1. The highest BCUT2D eigenvalue weighted by atomic mass is 35.7. The molecule has 1 aliphatic rings. The highest BCUT2D eigenvalue weighted by Crippen LogP contribution is 2.39. The van der Waals surface area contributed by atoms with Crippen molar-refractivity contribution in [3.63, 3.8) is 0 Å². The molecule has 1 aliphatic heterocycles. The summed E-state index contributed by atoms with van der Waals surface area (Å²) in [6, 6.07) is 6.94. The second kappa shape index (κ2) is 2.77. The Balaban J connectivity index is 2.45. The van der Waals surface area contributed by atoms with Crippen molar-refractivity contribution in [1.82, 2.24) is 0 Å². The van der Waals surface area contributed by atoms with Gasteiger partial charge in [-0.25, -0.2) is 8.42 Å². The lowest BCUT2D eigenvalue weighted by atomic mass is 10.3. The molecule has 0 aromatic heterocycles. The second-order valence-corrected chi connectivity index (χ2v) is 5.98. The average Bonchev–Trinajstić information content (AvgIpc) is 2.40. The number of hydrogen-bond donors (Lipinski definition) is 1. The average molecular weight is 234 g/mol. The first-order chi connectivity index (χ1) is 6.42. The highest BCUT2D eigenvalue weighted by Gasteiger charge is 2.45. The Labute approximate surface area is 86.3 Å². The van der Waals surface area contributed by atoms with E-state index >= 15 is 0 Å². The zero-order chi connectivity index (χ0) is 10.4. The maximum absolute atomic E-state index is 11.2. The summed E-state index contributed by atoms with van der Waals surface area (Å²) in [6.07, 6.45) is 0. The molecular formula is C8H8ClNO3S. The van der Waals surface area contributed by atoms with Gasteiger partial charge in [-0.1, -0.05) is 12.1 Å². The number of nitrogens with one attached hydrogen (secondary N) is 1. The summed E-state index contributed by atoms with van der Waals surface area (Å²) in [5.41, 5.74) is 0.624. The lowest BCUT2D eigenvalue weighted by molar-refractivity contribution is 0.227. The summed E-state index contributed by atoms with van der Waals surface area (Å²) in [6.45, 7) is 1.37. The van der Waals surface area contributed by atoms with E-state index in [1.165, 1.54) is 6.92 Å². The quantitative estimate of drug-likeness (QED) is 0.751. The van der Waals surface area contributed by atoms with Crippen LogP contribution in [0.15, 0.2) is 24.3 Å². The summed E-state index contributed by atoms with van der Waals surface area (Å²) < 4.78 is 27.6. The smallest absolute Gasteiger partial charge is 0.294 e. The van der Waals surface area contributed by atoms with Crippen molar-refractivity contribution in [3.8, 4) is 5.75 Å². The Kier molecular flexibility index (Phi) is 1.90. The third-order valence-corrected chi connectivity index (χ3v) is 4.02. The van der Waals surface area contributed by atoms with Crippen LogP contribution in [0.3, 0.4) is 0 Å². The van der Waals surface area contributed by atoms with Crippen LogP contribution in [0, 0.1) is 0 Å². The summed E-state index contributed by atoms with van der Waals surface area (Å²) in [5, 5.41) is 1.14. The van der Waals surface area contributed by atoms with Crippen LogP contribution >= 0.6 is 10.7 Å². The van der Waals surface area contributed by atoms with E-state index in [2.05, 4.69) is 5.32 Å². The van der Waals surface area contributed by atoms with Crippen molar-refractivity contribution in [3.05, 3.63) is 24.3 Å². The number of para-hydroxylation sites is 2. The maximum Gasteiger partial charge on any atom is 0.294 e.